The molecule has 2 heterocycles. The Hall–Kier alpha value is -1.36. The van der Waals surface area contributed by atoms with E-state index in [9.17, 15) is 4.79 Å². The third kappa shape index (κ3) is 2.09. The lowest BCUT2D eigenvalue weighted by molar-refractivity contribution is -0.123. The van der Waals surface area contributed by atoms with Crippen molar-refractivity contribution in [3.63, 3.8) is 0 Å². The molecule has 2 aliphatic rings. The fourth-order valence-corrected chi connectivity index (χ4v) is 3.76. The molecule has 1 aliphatic carbocycles. The maximum Gasteiger partial charge on any atom is 0.252 e. The molecule has 1 atom stereocenters. The van der Waals surface area contributed by atoms with Crippen LogP contribution in [0.5, 0.6) is 0 Å². The molecule has 0 saturated heterocycles. The molecule has 1 aromatic rings. The number of carbonyl (C=O) groups is 1. The molecule has 114 valence electrons. The first kappa shape index (κ1) is 14.6. The van der Waals surface area contributed by atoms with Gasteiger partial charge in [-0.25, -0.2) is 4.98 Å². The maximum absolute atomic E-state index is 12.9. The van der Waals surface area contributed by atoms with Crippen LogP contribution >= 0.6 is 11.6 Å². The van der Waals surface area contributed by atoms with Gasteiger partial charge in [-0.3, -0.25) is 4.79 Å². The van der Waals surface area contributed by atoms with Gasteiger partial charge in [0.15, 0.2) is 5.82 Å². The number of fused-ring (bicyclic) bond motifs is 1. The molecule has 1 saturated carbocycles. The maximum atomic E-state index is 12.9. The molecule has 1 unspecified atom stereocenters. The number of aromatic nitrogens is 2. The summed E-state index contributed by atoms with van der Waals surface area (Å²) >= 11 is 6.02. The summed E-state index contributed by atoms with van der Waals surface area (Å²) in [5, 5.41) is 0.234. The lowest BCUT2D eigenvalue weighted by Gasteiger charge is -2.50. The Bertz CT molecular complexity index is 573. The standard InChI is InChI=1S/C15H21ClN4O/c1-4-15(2)13(21)19(3)11-9-17-14(16)18-12(11)20(15)10-7-5-6-8-10/h9-10H,4-8H2,1-3H3. The van der Waals surface area contributed by atoms with E-state index < -0.39 is 5.54 Å². The van der Waals surface area contributed by atoms with E-state index in [1.165, 1.54) is 12.8 Å². The molecule has 1 aromatic heterocycles. The molecule has 1 aliphatic heterocycles. The Balaban J connectivity index is 2.18. The summed E-state index contributed by atoms with van der Waals surface area (Å²) in [6.45, 7) is 4.07. The van der Waals surface area contributed by atoms with Gasteiger partial charge >= 0.3 is 0 Å². The second-order valence-electron chi connectivity index (χ2n) is 6.15. The van der Waals surface area contributed by atoms with Gasteiger partial charge < -0.3 is 9.80 Å². The van der Waals surface area contributed by atoms with Crippen LogP contribution in [0.25, 0.3) is 0 Å². The van der Waals surface area contributed by atoms with Crippen molar-refractivity contribution in [3.05, 3.63) is 11.5 Å². The largest absolute Gasteiger partial charge is 0.337 e. The zero-order valence-electron chi connectivity index (χ0n) is 12.8. The van der Waals surface area contributed by atoms with E-state index in [4.69, 9.17) is 11.6 Å². The molecule has 0 aromatic carbocycles. The van der Waals surface area contributed by atoms with Gasteiger partial charge in [0.05, 0.1) is 6.20 Å². The molecule has 21 heavy (non-hydrogen) atoms. The molecule has 1 amide bonds. The number of anilines is 2. The van der Waals surface area contributed by atoms with Crippen molar-refractivity contribution in [2.24, 2.45) is 0 Å². The Morgan fingerprint density at radius 1 is 1.43 bits per heavy atom. The van der Waals surface area contributed by atoms with Crippen LogP contribution in [0.2, 0.25) is 5.28 Å². The first-order valence-corrected chi connectivity index (χ1v) is 7.97. The molecule has 0 spiro atoms. The molecule has 0 N–H and O–H groups in total. The summed E-state index contributed by atoms with van der Waals surface area (Å²) in [6.07, 6.45) is 7.02. The number of hydrogen-bond acceptors (Lipinski definition) is 4. The van der Waals surface area contributed by atoms with Crippen molar-refractivity contribution in [1.29, 1.82) is 0 Å². The van der Waals surface area contributed by atoms with Gasteiger partial charge in [-0.2, -0.15) is 4.98 Å². The SMILES string of the molecule is CCC1(C)C(=O)N(C)c2cnc(Cl)nc2N1C1CCCC1. The smallest absolute Gasteiger partial charge is 0.252 e. The van der Waals surface area contributed by atoms with Crippen LogP contribution in [-0.2, 0) is 4.79 Å². The van der Waals surface area contributed by atoms with Gasteiger partial charge in [0.2, 0.25) is 5.28 Å². The minimum atomic E-state index is -0.561. The quantitative estimate of drug-likeness (QED) is 0.788. The third-order valence-corrected chi connectivity index (χ3v) is 5.17. The van der Waals surface area contributed by atoms with Gasteiger partial charge in [-0.05, 0) is 37.8 Å². The average Bonchev–Trinajstić information content (AvgIpc) is 2.99. The summed E-state index contributed by atoms with van der Waals surface area (Å²) in [5.74, 6) is 0.906. The molecule has 5 nitrogen and oxygen atoms in total. The van der Waals surface area contributed by atoms with Crippen molar-refractivity contribution in [3.8, 4) is 0 Å². The first-order valence-electron chi connectivity index (χ1n) is 7.59. The Kier molecular flexibility index (Phi) is 3.56. The fourth-order valence-electron chi connectivity index (χ4n) is 3.63. The number of carbonyl (C=O) groups excluding carboxylic acids is 1. The summed E-state index contributed by atoms with van der Waals surface area (Å²) in [7, 11) is 1.79. The minimum absolute atomic E-state index is 0.107. The lowest BCUT2D eigenvalue weighted by Crippen LogP contribution is -2.63. The predicted molar refractivity (Wildman–Crippen MR) is 83.9 cm³/mol. The topological polar surface area (TPSA) is 49.3 Å². The van der Waals surface area contributed by atoms with E-state index in [2.05, 4.69) is 21.8 Å². The normalized spacial score (nSPS) is 26.4. The molecular formula is C15H21ClN4O. The third-order valence-electron chi connectivity index (χ3n) is 4.99. The van der Waals surface area contributed by atoms with Crippen molar-refractivity contribution >= 4 is 29.0 Å². The number of hydrogen-bond donors (Lipinski definition) is 0. The van der Waals surface area contributed by atoms with E-state index in [0.717, 1.165) is 30.8 Å². The molecular weight excluding hydrogens is 288 g/mol. The zero-order chi connectivity index (χ0) is 15.2. The van der Waals surface area contributed by atoms with E-state index in [1.54, 1.807) is 18.1 Å². The van der Waals surface area contributed by atoms with E-state index >= 15 is 0 Å². The highest BCUT2D eigenvalue weighted by Gasteiger charge is 2.49. The summed E-state index contributed by atoms with van der Waals surface area (Å²) in [6, 6.07) is 0.359. The van der Waals surface area contributed by atoms with E-state index in [-0.39, 0.29) is 11.2 Å². The summed E-state index contributed by atoms with van der Waals surface area (Å²) in [4.78, 5) is 25.3. The van der Waals surface area contributed by atoms with Gasteiger partial charge in [0.25, 0.3) is 5.91 Å². The second-order valence-corrected chi connectivity index (χ2v) is 6.49. The Labute approximate surface area is 130 Å². The Morgan fingerprint density at radius 2 is 2.10 bits per heavy atom. The number of rotatable bonds is 2. The molecule has 3 rings (SSSR count). The number of likely N-dealkylation sites (N-methyl/N-ethyl adjacent to an activating group) is 1. The van der Waals surface area contributed by atoms with Crippen molar-refractivity contribution in [1.82, 2.24) is 9.97 Å². The second kappa shape index (κ2) is 5.13. The monoisotopic (exact) mass is 308 g/mol. The molecule has 0 radical (unpaired) electrons. The highest BCUT2D eigenvalue weighted by Crippen LogP contribution is 2.44. The Morgan fingerprint density at radius 3 is 2.71 bits per heavy atom. The van der Waals surface area contributed by atoms with E-state index in [0.29, 0.717) is 6.04 Å². The van der Waals surface area contributed by atoms with Crippen LogP contribution in [0.1, 0.15) is 46.0 Å². The number of nitrogens with zero attached hydrogens (tertiary/aromatic N) is 4. The summed E-state index contributed by atoms with van der Waals surface area (Å²) < 4.78 is 0. The van der Waals surface area contributed by atoms with Crippen LogP contribution in [-0.4, -0.2) is 34.5 Å². The lowest BCUT2D eigenvalue weighted by atomic mass is 9.89. The highest BCUT2D eigenvalue weighted by atomic mass is 35.5. The number of amides is 1. The molecule has 1 fully saturated rings. The van der Waals surface area contributed by atoms with Crippen molar-refractivity contribution in [2.45, 2.75) is 57.5 Å². The molecule has 6 heteroatoms. The van der Waals surface area contributed by atoms with Crippen LogP contribution in [0, 0.1) is 0 Å². The van der Waals surface area contributed by atoms with Gasteiger partial charge in [-0.1, -0.05) is 19.8 Å². The zero-order valence-corrected chi connectivity index (χ0v) is 13.5. The number of halogens is 1. The predicted octanol–water partition coefficient (Wildman–Crippen LogP) is 3.02. The minimum Gasteiger partial charge on any atom is -0.337 e. The van der Waals surface area contributed by atoms with E-state index in [1.807, 2.05) is 6.92 Å². The average molecular weight is 309 g/mol. The summed E-state index contributed by atoms with van der Waals surface area (Å²) in [5.41, 5.74) is 0.191. The van der Waals surface area contributed by atoms with Crippen LogP contribution in [0.3, 0.4) is 0 Å². The van der Waals surface area contributed by atoms with Gasteiger partial charge in [-0.15, -0.1) is 0 Å². The fraction of sp³-hybridized carbons (Fsp3) is 0.667. The van der Waals surface area contributed by atoms with Crippen molar-refractivity contribution in [2.75, 3.05) is 16.8 Å². The van der Waals surface area contributed by atoms with Crippen LogP contribution in [0.15, 0.2) is 6.20 Å². The highest BCUT2D eigenvalue weighted by molar-refractivity contribution is 6.28. The van der Waals surface area contributed by atoms with Gasteiger partial charge in [0, 0.05) is 13.1 Å². The van der Waals surface area contributed by atoms with Crippen LogP contribution < -0.4 is 9.80 Å². The first-order chi connectivity index (χ1) is 9.99. The van der Waals surface area contributed by atoms with Crippen molar-refractivity contribution < 1.29 is 4.79 Å². The molecule has 0 bridgehead atoms. The van der Waals surface area contributed by atoms with Gasteiger partial charge in [0.1, 0.15) is 11.2 Å². The van der Waals surface area contributed by atoms with Crippen LogP contribution in [0.4, 0.5) is 11.5 Å².